The molecule has 0 spiro atoms. The van der Waals surface area contributed by atoms with Crippen molar-refractivity contribution in [3.8, 4) is 17.1 Å². The van der Waals surface area contributed by atoms with Gasteiger partial charge in [-0.05, 0) is 47.2 Å². The zero-order chi connectivity index (χ0) is 15.0. The Morgan fingerprint density at radius 3 is 2.76 bits per heavy atom. The van der Waals surface area contributed by atoms with Crippen molar-refractivity contribution in [2.75, 3.05) is 5.73 Å². The Labute approximate surface area is 134 Å². The van der Waals surface area contributed by atoms with E-state index in [9.17, 15) is 0 Å². The Hall–Kier alpha value is -1.92. The summed E-state index contributed by atoms with van der Waals surface area (Å²) in [5, 5.41) is 12.4. The van der Waals surface area contributed by atoms with Crippen LogP contribution in [0.4, 0.5) is 5.69 Å². The molecule has 0 atom stereocenters. The highest BCUT2D eigenvalue weighted by Gasteiger charge is 2.17. The fourth-order valence-corrected chi connectivity index (χ4v) is 2.91. The third kappa shape index (κ3) is 2.52. The lowest BCUT2D eigenvalue weighted by atomic mass is 10.1. The first-order valence-electron chi connectivity index (χ1n) is 6.17. The first kappa shape index (κ1) is 14.0. The van der Waals surface area contributed by atoms with Gasteiger partial charge >= 0.3 is 0 Å². The van der Waals surface area contributed by atoms with Gasteiger partial charge in [0.15, 0.2) is 5.82 Å². The summed E-state index contributed by atoms with van der Waals surface area (Å²) in [5.41, 5.74) is 9.20. The summed E-state index contributed by atoms with van der Waals surface area (Å²) in [6.07, 6.45) is 0. The van der Waals surface area contributed by atoms with Crippen LogP contribution in [0, 0.1) is 6.92 Å². The largest absolute Gasteiger partial charge is 0.398 e. The van der Waals surface area contributed by atoms with E-state index in [4.69, 9.17) is 17.3 Å². The molecule has 21 heavy (non-hydrogen) atoms. The molecule has 0 saturated heterocycles. The van der Waals surface area contributed by atoms with Gasteiger partial charge in [0.25, 0.3) is 0 Å². The molecule has 0 radical (unpaired) electrons. The molecule has 0 aliphatic rings. The second-order valence-corrected chi connectivity index (χ2v) is 5.87. The predicted molar refractivity (Wildman–Crippen MR) is 86.4 cm³/mol. The molecule has 0 saturated carbocycles. The van der Waals surface area contributed by atoms with Gasteiger partial charge in [-0.3, -0.25) is 0 Å². The smallest absolute Gasteiger partial charge is 0.189 e. The molecule has 1 heterocycles. The minimum Gasteiger partial charge on any atom is -0.398 e. The Balaban J connectivity index is 2.22. The molecule has 1 aromatic heterocycles. The standard InChI is InChI=1S/C14H11BrClN5/c1-8-3-2-4-11(17)13(8)14-18-19-20-21(14)12-6-5-9(15)7-10(12)16/h2-7H,17H2,1H3. The minimum atomic E-state index is 0.546. The fourth-order valence-electron chi connectivity index (χ4n) is 2.15. The number of benzene rings is 2. The van der Waals surface area contributed by atoms with Crippen LogP contribution in [0.15, 0.2) is 40.9 Å². The summed E-state index contributed by atoms with van der Waals surface area (Å²) in [5.74, 6) is 0.565. The molecule has 3 aromatic rings. The quantitative estimate of drug-likeness (QED) is 0.705. The van der Waals surface area contributed by atoms with E-state index in [-0.39, 0.29) is 0 Å². The number of nitrogen functional groups attached to an aromatic ring is 1. The topological polar surface area (TPSA) is 69.6 Å². The van der Waals surface area contributed by atoms with E-state index >= 15 is 0 Å². The van der Waals surface area contributed by atoms with Crippen molar-refractivity contribution in [3.63, 3.8) is 0 Å². The molecule has 0 fully saturated rings. The van der Waals surface area contributed by atoms with Gasteiger partial charge in [-0.25, -0.2) is 0 Å². The van der Waals surface area contributed by atoms with Gasteiger partial charge in [-0.1, -0.05) is 39.7 Å². The van der Waals surface area contributed by atoms with Gasteiger partial charge in [0.2, 0.25) is 0 Å². The molecule has 2 aromatic carbocycles. The van der Waals surface area contributed by atoms with Crippen molar-refractivity contribution in [1.82, 2.24) is 20.2 Å². The second-order valence-electron chi connectivity index (χ2n) is 4.55. The number of aryl methyl sites for hydroxylation is 1. The molecule has 0 unspecified atom stereocenters. The molecule has 0 amide bonds. The fraction of sp³-hybridized carbons (Fsp3) is 0.0714. The number of nitrogens with two attached hydrogens (primary N) is 1. The highest BCUT2D eigenvalue weighted by molar-refractivity contribution is 9.10. The number of aromatic nitrogens is 4. The van der Waals surface area contributed by atoms with Crippen LogP contribution in [0.3, 0.4) is 0 Å². The molecule has 7 heteroatoms. The first-order chi connectivity index (χ1) is 10.1. The third-order valence-corrected chi connectivity index (χ3v) is 3.93. The number of nitrogens with zero attached hydrogens (tertiary/aromatic N) is 4. The van der Waals surface area contributed by atoms with Crippen LogP contribution in [0.2, 0.25) is 5.02 Å². The normalized spacial score (nSPS) is 10.8. The Kier molecular flexibility index (Phi) is 3.65. The first-order valence-corrected chi connectivity index (χ1v) is 7.34. The second kappa shape index (κ2) is 5.46. The highest BCUT2D eigenvalue weighted by atomic mass is 79.9. The molecular formula is C14H11BrClN5. The van der Waals surface area contributed by atoms with Gasteiger partial charge in [-0.2, -0.15) is 4.68 Å². The maximum Gasteiger partial charge on any atom is 0.189 e. The monoisotopic (exact) mass is 363 g/mol. The molecule has 2 N–H and O–H groups in total. The van der Waals surface area contributed by atoms with Crippen molar-refractivity contribution in [1.29, 1.82) is 0 Å². The van der Waals surface area contributed by atoms with Crippen molar-refractivity contribution in [2.24, 2.45) is 0 Å². The molecule has 106 valence electrons. The van der Waals surface area contributed by atoms with Crippen molar-refractivity contribution in [2.45, 2.75) is 6.92 Å². The van der Waals surface area contributed by atoms with Crippen LogP contribution in [0.1, 0.15) is 5.56 Å². The average molecular weight is 365 g/mol. The molecule has 5 nitrogen and oxygen atoms in total. The zero-order valence-electron chi connectivity index (χ0n) is 11.1. The summed E-state index contributed by atoms with van der Waals surface area (Å²) < 4.78 is 2.48. The van der Waals surface area contributed by atoms with Crippen molar-refractivity contribution in [3.05, 3.63) is 51.5 Å². The van der Waals surface area contributed by atoms with Gasteiger partial charge < -0.3 is 5.73 Å². The number of halogens is 2. The molecule has 0 aliphatic heterocycles. The van der Waals surface area contributed by atoms with E-state index in [0.717, 1.165) is 15.6 Å². The number of anilines is 1. The van der Waals surface area contributed by atoms with Gasteiger partial charge in [0, 0.05) is 15.7 Å². The summed E-state index contributed by atoms with van der Waals surface area (Å²) >= 11 is 9.66. The van der Waals surface area contributed by atoms with Crippen LogP contribution in [0.5, 0.6) is 0 Å². The zero-order valence-corrected chi connectivity index (χ0v) is 13.4. The van der Waals surface area contributed by atoms with Gasteiger partial charge in [0.05, 0.1) is 10.7 Å². The number of tetrazole rings is 1. The van der Waals surface area contributed by atoms with E-state index in [1.807, 2.05) is 37.3 Å². The van der Waals surface area contributed by atoms with E-state index in [1.165, 1.54) is 0 Å². The summed E-state index contributed by atoms with van der Waals surface area (Å²) in [7, 11) is 0. The minimum absolute atomic E-state index is 0.546. The highest BCUT2D eigenvalue weighted by Crippen LogP contribution is 2.31. The number of rotatable bonds is 2. The molecular weight excluding hydrogens is 354 g/mol. The molecule has 3 rings (SSSR count). The predicted octanol–water partition coefficient (Wildman–Crippen LogP) is 3.64. The van der Waals surface area contributed by atoms with Crippen LogP contribution in [-0.4, -0.2) is 20.2 Å². The van der Waals surface area contributed by atoms with Crippen LogP contribution in [0.25, 0.3) is 17.1 Å². The summed E-state index contributed by atoms with van der Waals surface area (Å²) in [6, 6.07) is 11.2. The molecule has 0 bridgehead atoms. The van der Waals surface area contributed by atoms with E-state index < -0.39 is 0 Å². The Morgan fingerprint density at radius 2 is 2.05 bits per heavy atom. The van der Waals surface area contributed by atoms with E-state index in [1.54, 1.807) is 10.7 Å². The van der Waals surface area contributed by atoms with Crippen LogP contribution >= 0.6 is 27.5 Å². The van der Waals surface area contributed by atoms with Crippen molar-refractivity contribution < 1.29 is 0 Å². The summed E-state index contributed by atoms with van der Waals surface area (Å²) in [6.45, 7) is 1.97. The lowest BCUT2D eigenvalue weighted by Crippen LogP contribution is -2.03. The lowest BCUT2D eigenvalue weighted by molar-refractivity contribution is 0.791. The lowest BCUT2D eigenvalue weighted by Gasteiger charge is -2.10. The Morgan fingerprint density at radius 1 is 1.24 bits per heavy atom. The van der Waals surface area contributed by atoms with E-state index in [0.29, 0.717) is 22.2 Å². The number of hydrogen-bond acceptors (Lipinski definition) is 4. The maximum atomic E-state index is 6.28. The number of hydrogen-bond donors (Lipinski definition) is 1. The van der Waals surface area contributed by atoms with E-state index in [2.05, 4.69) is 31.5 Å². The van der Waals surface area contributed by atoms with Crippen LogP contribution in [-0.2, 0) is 0 Å². The maximum absolute atomic E-state index is 6.28. The van der Waals surface area contributed by atoms with Gasteiger partial charge in [0.1, 0.15) is 0 Å². The summed E-state index contributed by atoms with van der Waals surface area (Å²) in [4.78, 5) is 0. The average Bonchev–Trinajstić information content (AvgIpc) is 2.87. The van der Waals surface area contributed by atoms with Crippen molar-refractivity contribution >= 4 is 33.2 Å². The van der Waals surface area contributed by atoms with Crippen LogP contribution < -0.4 is 5.73 Å². The van der Waals surface area contributed by atoms with Gasteiger partial charge in [-0.15, -0.1) is 5.10 Å². The SMILES string of the molecule is Cc1cccc(N)c1-c1nnnn1-c1ccc(Br)cc1Cl. The third-order valence-electron chi connectivity index (χ3n) is 3.14. The Bertz CT molecular complexity index is 795. The molecule has 0 aliphatic carbocycles.